The Morgan fingerprint density at radius 2 is 1.54 bits per heavy atom. The number of fused-ring (bicyclic) bond motifs is 2. The van der Waals surface area contributed by atoms with Crippen molar-refractivity contribution < 1.29 is 19.3 Å². The molecule has 2 N–H and O–H groups in total. The molecule has 4 rings (SSSR count). The summed E-state index contributed by atoms with van der Waals surface area (Å²) in [6.45, 7) is 6.79. The van der Waals surface area contributed by atoms with E-state index < -0.39 is 0 Å². The highest BCUT2D eigenvalue weighted by Gasteiger charge is 2.32. The Hall–Kier alpha value is -2.79. The molecule has 0 radical (unpaired) electrons. The van der Waals surface area contributed by atoms with Gasteiger partial charge in [-0.15, -0.1) is 0 Å². The highest BCUT2D eigenvalue weighted by molar-refractivity contribution is 6.30. The Balaban J connectivity index is 1.58. The number of ketones is 2. The number of hydrogen-bond donors (Lipinski definition) is 2. The maximum absolute atomic E-state index is 13.0. The molecule has 5 nitrogen and oxygen atoms in total. The van der Waals surface area contributed by atoms with Gasteiger partial charge in [0.1, 0.15) is 0 Å². The van der Waals surface area contributed by atoms with Crippen molar-refractivity contribution in [2.45, 2.75) is 20.3 Å². The van der Waals surface area contributed by atoms with Gasteiger partial charge in [0, 0.05) is 28.5 Å². The molecule has 2 aromatic rings. The summed E-state index contributed by atoms with van der Waals surface area (Å²) < 4.78 is 0. The fraction of sp³-hybridized carbons (Fsp3) is 0.348. The number of rotatable bonds is 3. The second-order valence-corrected chi connectivity index (χ2v) is 8.26. The minimum Gasteiger partial charge on any atom is -0.327 e. The summed E-state index contributed by atoms with van der Waals surface area (Å²) in [5, 5.41) is 2.90. The summed E-state index contributed by atoms with van der Waals surface area (Å²) in [5.74, 6) is 0.696. The van der Waals surface area contributed by atoms with Crippen molar-refractivity contribution in [1.29, 1.82) is 0 Å². The molecule has 3 atom stereocenters. The molecule has 1 amide bonds. The van der Waals surface area contributed by atoms with Gasteiger partial charge in [-0.25, -0.2) is 0 Å². The van der Waals surface area contributed by atoms with Gasteiger partial charge in [0.2, 0.25) is 0 Å². The molecular formula is C23H25N2O3+. The van der Waals surface area contributed by atoms with E-state index in [1.165, 1.54) is 11.3 Å². The molecule has 0 saturated carbocycles. The fourth-order valence-corrected chi connectivity index (χ4v) is 4.74. The summed E-state index contributed by atoms with van der Waals surface area (Å²) in [7, 11) is 0. The zero-order valence-corrected chi connectivity index (χ0v) is 16.2. The Morgan fingerprint density at radius 3 is 2.21 bits per heavy atom. The van der Waals surface area contributed by atoms with E-state index in [1.807, 2.05) is 0 Å². The largest absolute Gasteiger partial charge is 0.327 e. The van der Waals surface area contributed by atoms with Gasteiger partial charge < -0.3 is 10.2 Å². The third kappa shape index (κ3) is 3.38. The molecule has 1 saturated heterocycles. The zero-order valence-electron chi connectivity index (χ0n) is 16.2. The van der Waals surface area contributed by atoms with E-state index in [2.05, 4.69) is 19.2 Å². The van der Waals surface area contributed by atoms with Crippen molar-refractivity contribution in [3.63, 3.8) is 0 Å². The van der Waals surface area contributed by atoms with Crippen molar-refractivity contribution in [3.05, 3.63) is 64.7 Å². The summed E-state index contributed by atoms with van der Waals surface area (Å²) in [6, 6.07) is 11.9. The molecule has 1 heterocycles. The number of benzene rings is 2. The smallest absolute Gasteiger partial charge is 0.279 e. The molecule has 1 aliphatic heterocycles. The quantitative estimate of drug-likeness (QED) is 0.733. The van der Waals surface area contributed by atoms with E-state index in [-0.39, 0.29) is 17.5 Å². The predicted molar refractivity (Wildman–Crippen MR) is 107 cm³/mol. The summed E-state index contributed by atoms with van der Waals surface area (Å²) in [6.07, 6.45) is 1.20. The van der Waals surface area contributed by atoms with Crippen LogP contribution in [0.2, 0.25) is 0 Å². The zero-order chi connectivity index (χ0) is 19.8. The molecule has 144 valence electrons. The lowest BCUT2D eigenvalue weighted by molar-refractivity contribution is -0.904. The first-order valence-corrected chi connectivity index (χ1v) is 9.89. The van der Waals surface area contributed by atoms with Gasteiger partial charge in [0.05, 0.1) is 24.3 Å². The van der Waals surface area contributed by atoms with Crippen LogP contribution in [0.4, 0.5) is 5.69 Å². The van der Waals surface area contributed by atoms with E-state index in [1.54, 1.807) is 42.5 Å². The number of likely N-dealkylation sites (tertiary alicyclic amines) is 1. The van der Waals surface area contributed by atoms with E-state index in [4.69, 9.17) is 0 Å². The first-order valence-electron chi connectivity index (χ1n) is 9.89. The highest BCUT2D eigenvalue weighted by atomic mass is 16.2. The molecule has 2 aromatic carbocycles. The summed E-state index contributed by atoms with van der Waals surface area (Å²) in [4.78, 5) is 39.8. The third-order valence-corrected chi connectivity index (χ3v) is 5.72. The van der Waals surface area contributed by atoms with Crippen molar-refractivity contribution in [1.82, 2.24) is 0 Å². The Bertz CT molecular complexity index is 956. The van der Waals surface area contributed by atoms with E-state index in [9.17, 15) is 14.4 Å². The first-order chi connectivity index (χ1) is 13.4. The molecule has 1 aliphatic carbocycles. The summed E-state index contributed by atoms with van der Waals surface area (Å²) >= 11 is 0. The molecule has 0 spiro atoms. The van der Waals surface area contributed by atoms with E-state index >= 15 is 0 Å². The van der Waals surface area contributed by atoms with Crippen LogP contribution in [-0.2, 0) is 4.79 Å². The standard InChI is InChI=1S/C23H24N2O3/c1-14-10-15(2)12-25(11-14)13-20(26)24-19-9-5-8-18-21(19)23(28)17-7-4-3-6-16(17)22(18)27/h3-9,14-15H,10-13H2,1-2H3,(H,24,26)/p+1/t14-,15+. The van der Waals surface area contributed by atoms with Crippen LogP contribution in [0.25, 0.3) is 0 Å². The number of carbonyl (C=O) groups is 3. The number of hydrogen-bond acceptors (Lipinski definition) is 3. The number of amides is 1. The Labute approximate surface area is 164 Å². The Morgan fingerprint density at radius 1 is 0.929 bits per heavy atom. The molecule has 2 aliphatic rings. The third-order valence-electron chi connectivity index (χ3n) is 5.72. The van der Waals surface area contributed by atoms with Crippen molar-refractivity contribution in [2.75, 3.05) is 25.0 Å². The van der Waals surface area contributed by atoms with Crippen LogP contribution in [0.5, 0.6) is 0 Å². The van der Waals surface area contributed by atoms with Gasteiger partial charge in [0.15, 0.2) is 18.1 Å². The fourth-order valence-electron chi connectivity index (χ4n) is 4.74. The normalized spacial score (nSPS) is 23.7. The molecule has 1 fully saturated rings. The second kappa shape index (κ2) is 7.32. The van der Waals surface area contributed by atoms with E-state index in [0.29, 0.717) is 46.3 Å². The minimum absolute atomic E-state index is 0.121. The number of piperidine rings is 1. The number of anilines is 1. The van der Waals surface area contributed by atoms with Gasteiger partial charge >= 0.3 is 0 Å². The molecule has 28 heavy (non-hydrogen) atoms. The van der Waals surface area contributed by atoms with Crippen LogP contribution < -0.4 is 10.2 Å². The van der Waals surface area contributed by atoms with Crippen LogP contribution in [-0.4, -0.2) is 37.1 Å². The maximum atomic E-state index is 13.0. The van der Waals surface area contributed by atoms with Gasteiger partial charge in [-0.2, -0.15) is 0 Å². The van der Waals surface area contributed by atoms with Gasteiger partial charge in [-0.3, -0.25) is 14.4 Å². The number of quaternary nitrogens is 1. The van der Waals surface area contributed by atoms with Crippen molar-refractivity contribution in [2.24, 2.45) is 11.8 Å². The van der Waals surface area contributed by atoms with Crippen LogP contribution >= 0.6 is 0 Å². The molecule has 1 unspecified atom stereocenters. The maximum Gasteiger partial charge on any atom is 0.279 e. The van der Waals surface area contributed by atoms with E-state index in [0.717, 1.165) is 13.1 Å². The molecular weight excluding hydrogens is 352 g/mol. The monoisotopic (exact) mass is 377 g/mol. The van der Waals surface area contributed by atoms with Gasteiger partial charge in [-0.1, -0.05) is 50.2 Å². The van der Waals surface area contributed by atoms with Gasteiger partial charge in [0.25, 0.3) is 5.91 Å². The van der Waals surface area contributed by atoms with Crippen molar-refractivity contribution in [3.8, 4) is 0 Å². The highest BCUT2D eigenvalue weighted by Crippen LogP contribution is 2.31. The topological polar surface area (TPSA) is 67.7 Å². The van der Waals surface area contributed by atoms with Crippen LogP contribution in [0.3, 0.4) is 0 Å². The minimum atomic E-state index is -0.214. The van der Waals surface area contributed by atoms with Crippen LogP contribution in [0.15, 0.2) is 42.5 Å². The van der Waals surface area contributed by atoms with Crippen LogP contribution in [0.1, 0.15) is 52.1 Å². The molecule has 0 bridgehead atoms. The SMILES string of the molecule is C[C@@H]1C[C@H](C)C[NH+](CC(=O)Nc2cccc3c2C(=O)c2ccccc2C3=O)C1. The second-order valence-electron chi connectivity index (χ2n) is 8.26. The number of carbonyl (C=O) groups excluding carboxylic acids is 3. The first kappa shape index (κ1) is 18.6. The summed E-state index contributed by atoms with van der Waals surface area (Å²) in [5.41, 5.74) is 1.90. The number of nitrogens with one attached hydrogen (secondary N) is 2. The predicted octanol–water partition coefficient (Wildman–Crippen LogP) is 1.96. The lowest BCUT2D eigenvalue weighted by Crippen LogP contribution is -3.15. The molecule has 5 heteroatoms. The van der Waals surface area contributed by atoms with Crippen LogP contribution in [0, 0.1) is 11.8 Å². The average Bonchev–Trinajstić information content (AvgIpc) is 2.65. The lowest BCUT2D eigenvalue weighted by atomic mass is 9.83. The lowest BCUT2D eigenvalue weighted by Gasteiger charge is -2.31. The van der Waals surface area contributed by atoms with Crippen molar-refractivity contribution >= 4 is 23.2 Å². The van der Waals surface area contributed by atoms with Gasteiger partial charge in [-0.05, 0) is 12.5 Å². The Kier molecular flexibility index (Phi) is 4.85. The average molecular weight is 377 g/mol. The molecule has 0 aromatic heterocycles.